The molecule has 0 aliphatic rings. The number of aryl methyl sites for hydroxylation is 1. The molecule has 1 aromatic heterocycles. The summed E-state index contributed by atoms with van der Waals surface area (Å²) < 4.78 is 13.1. The summed E-state index contributed by atoms with van der Waals surface area (Å²) in [4.78, 5) is 11.9. The minimum absolute atomic E-state index is 0.224. The molecule has 0 aliphatic carbocycles. The van der Waals surface area contributed by atoms with E-state index in [0.29, 0.717) is 11.3 Å². The molecule has 2 aromatic rings. The first-order valence-electron chi connectivity index (χ1n) is 5.64. The highest BCUT2D eigenvalue weighted by molar-refractivity contribution is 5.95. The molecule has 1 atom stereocenters. The van der Waals surface area contributed by atoms with Crippen LogP contribution in [-0.2, 0) is 0 Å². The van der Waals surface area contributed by atoms with Crippen molar-refractivity contribution in [3.63, 3.8) is 0 Å². The molecule has 0 radical (unpaired) electrons. The molecule has 18 heavy (non-hydrogen) atoms. The second kappa shape index (κ2) is 5.00. The second-order valence-electron chi connectivity index (χ2n) is 4.16. The minimum atomic E-state index is -0.312. The Morgan fingerprint density at radius 2 is 2.28 bits per heavy atom. The van der Waals surface area contributed by atoms with E-state index in [4.69, 9.17) is 0 Å². The monoisotopic (exact) mass is 247 g/mol. The summed E-state index contributed by atoms with van der Waals surface area (Å²) in [7, 11) is 0. The highest BCUT2D eigenvalue weighted by Crippen LogP contribution is 2.14. The molecule has 1 aromatic carbocycles. The average Bonchev–Trinajstić information content (AvgIpc) is 2.75. The molecule has 0 bridgehead atoms. The zero-order chi connectivity index (χ0) is 13.1. The third-order valence-electron chi connectivity index (χ3n) is 2.77. The van der Waals surface area contributed by atoms with Crippen LogP contribution in [-0.4, -0.2) is 16.1 Å². The van der Waals surface area contributed by atoms with Crippen LogP contribution in [0.1, 0.15) is 34.6 Å². The van der Waals surface area contributed by atoms with Crippen molar-refractivity contribution in [1.29, 1.82) is 0 Å². The number of nitrogens with one attached hydrogen (secondary N) is 2. The lowest BCUT2D eigenvalue weighted by molar-refractivity contribution is 0.0939. The van der Waals surface area contributed by atoms with Crippen LogP contribution in [0.25, 0.3) is 0 Å². The van der Waals surface area contributed by atoms with Crippen molar-refractivity contribution < 1.29 is 9.18 Å². The SMILES string of the molecule is Cc1[nH]ncc1C(=O)NC(C)c1cccc(F)c1. The van der Waals surface area contributed by atoms with Crippen molar-refractivity contribution in [3.8, 4) is 0 Å². The number of aromatic nitrogens is 2. The van der Waals surface area contributed by atoms with Crippen molar-refractivity contribution in [2.24, 2.45) is 0 Å². The molecule has 1 unspecified atom stereocenters. The quantitative estimate of drug-likeness (QED) is 0.874. The lowest BCUT2D eigenvalue weighted by Crippen LogP contribution is -2.26. The van der Waals surface area contributed by atoms with Crippen LogP contribution in [0.3, 0.4) is 0 Å². The summed E-state index contributed by atoms with van der Waals surface area (Å²) in [6.07, 6.45) is 1.48. The molecular formula is C13H14FN3O. The van der Waals surface area contributed by atoms with Crippen LogP contribution in [0.4, 0.5) is 4.39 Å². The number of rotatable bonds is 3. The van der Waals surface area contributed by atoms with Gasteiger partial charge in [-0.3, -0.25) is 9.89 Å². The van der Waals surface area contributed by atoms with Gasteiger partial charge in [0.1, 0.15) is 5.82 Å². The first-order valence-corrected chi connectivity index (χ1v) is 5.64. The van der Waals surface area contributed by atoms with Gasteiger partial charge in [-0.15, -0.1) is 0 Å². The fraction of sp³-hybridized carbons (Fsp3) is 0.231. The number of aromatic amines is 1. The number of halogens is 1. The van der Waals surface area contributed by atoms with Crippen molar-refractivity contribution in [2.75, 3.05) is 0 Å². The number of carbonyl (C=O) groups is 1. The normalized spacial score (nSPS) is 12.2. The average molecular weight is 247 g/mol. The van der Waals surface area contributed by atoms with E-state index in [1.165, 1.54) is 18.3 Å². The summed E-state index contributed by atoms with van der Waals surface area (Å²) in [5.74, 6) is -0.536. The summed E-state index contributed by atoms with van der Waals surface area (Å²) >= 11 is 0. The maximum atomic E-state index is 13.1. The number of nitrogens with zero attached hydrogens (tertiary/aromatic N) is 1. The summed E-state index contributed by atoms with van der Waals surface area (Å²) in [6.45, 7) is 3.58. The number of hydrogen-bond donors (Lipinski definition) is 2. The van der Waals surface area contributed by atoms with E-state index in [-0.39, 0.29) is 17.8 Å². The zero-order valence-corrected chi connectivity index (χ0v) is 10.2. The Labute approximate surface area is 104 Å². The van der Waals surface area contributed by atoms with E-state index in [2.05, 4.69) is 15.5 Å². The number of hydrogen-bond acceptors (Lipinski definition) is 2. The highest BCUT2D eigenvalue weighted by Gasteiger charge is 2.14. The second-order valence-corrected chi connectivity index (χ2v) is 4.16. The van der Waals surface area contributed by atoms with Crippen molar-refractivity contribution in [2.45, 2.75) is 19.9 Å². The van der Waals surface area contributed by atoms with Crippen LogP contribution in [0.2, 0.25) is 0 Å². The van der Waals surface area contributed by atoms with Gasteiger partial charge in [0.05, 0.1) is 17.8 Å². The first kappa shape index (κ1) is 12.3. The molecule has 0 saturated carbocycles. The Balaban J connectivity index is 2.10. The van der Waals surface area contributed by atoms with Gasteiger partial charge in [-0.25, -0.2) is 4.39 Å². The van der Waals surface area contributed by atoms with Gasteiger partial charge >= 0.3 is 0 Å². The van der Waals surface area contributed by atoms with Gasteiger partial charge in [0.25, 0.3) is 5.91 Å². The third-order valence-corrected chi connectivity index (χ3v) is 2.77. The van der Waals surface area contributed by atoms with E-state index in [0.717, 1.165) is 5.56 Å². The van der Waals surface area contributed by atoms with Gasteiger partial charge in [-0.1, -0.05) is 12.1 Å². The minimum Gasteiger partial charge on any atom is -0.345 e. The van der Waals surface area contributed by atoms with Gasteiger partial charge < -0.3 is 5.32 Å². The number of benzene rings is 1. The van der Waals surface area contributed by atoms with Crippen molar-refractivity contribution in [1.82, 2.24) is 15.5 Å². The largest absolute Gasteiger partial charge is 0.345 e. The molecule has 1 amide bonds. The van der Waals surface area contributed by atoms with E-state index in [9.17, 15) is 9.18 Å². The summed E-state index contributed by atoms with van der Waals surface area (Å²) in [6, 6.07) is 5.92. The molecule has 1 heterocycles. The molecule has 0 spiro atoms. The third kappa shape index (κ3) is 2.56. The Kier molecular flexibility index (Phi) is 3.41. The number of carbonyl (C=O) groups excluding carboxylic acids is 1. The van der Waals surface area contributed by atoms with E-state index >= 15 is 0 Å². The smallest absolute Gasteiger partial charge is 0.255 e. The summed E-state index contributed by atoms with van der Waals surface area (Å²) in [5, 5.41) is 9.29. The highest BCUT2D eigenvalue weighted by atomic mass is 19.1. The fourth-order valence-electron chi connectivity index (χ4n) is 1.71. The van der Waals surface area contributed by atoms with E-state index < -0.39 is 0 Å². The number of H-pyrrole nitrogens is 1. The molecule has 0 saturated heterocycles. The predicted molar refractivity (Wildman–Crippen MR) is 65.6 cm³/mol. The fourth-order valence-corrected chi connectivity index (χ4v) is 1.71. The standard InChI is InChI=1S/C13H14FN3O/c1-8(10-4-3-5-11(14)6-10)16-13(18)12-7-15-17-9(12)2/h3-8H,1-2H3,(H,15,17)(H,16,18). The molecule has 5 heteroatoms. The Morgan fingerprint density at radius 3 is 2.89 bits per heavy atom. The van der Waals surface area contributed by atoms with Crippen LogP contribution in [0.15, 0.2) is 30.5 Å². The van der Waals surface area contributed by atoms with E-state index in [1.54, 1.807) is 19.1 Å². The topological polar surface area (TPSA) is 57.8 Å². The van der Waals surface area contributed by atoms with Gasteiger partial charge in [0, 0.05) is 5.69 Å². The van der Waals surface area contributed by atoms with Gasteiger partial charge in [0.15, 0.2) is 0 Å². The maximum Gasteiger partial charge on any atom is 0.255 e. The van der Waals surface area contributed by atoms with E-state index in [1.807, 2.05) is 6.92 Å². The van der Waals surface area contributed by atoms with Gasteiger partial charge in [-0.05, 0) is 31.5 Å². The maximum absolute atomic E-state index is 13.1. The molecule has 2 rings (SSSR count). The van der Waals surface area contributed by atoms with Gasteiger partial charge in [-0.2, -0.15) is 5.10 Å². The van der Waals surface area contributed by atoms with Crippen molar-refractivity contribution in [3.05, 3.63) is 53.1 Å². The molecule has 0 fully saturated rings. The Morgan fingerprint density at radius 1 is 1.50 bits per heavy atom. The van der Waals surface area contributed by atoms with Crippen LogP contribution >= 0.6 is 0 Å². The van der Waals surface area contributed by atoms with Crippen LogP contribution in [0.5, 0.6) is 0 Å². The first-order chi connectivity index (χ1) is 8.58. The lowest BCUT2D eigenvalue weighted by atomic mass is 10.1. The molecule has 4 nitrogen and oxygen atoms in total. The predicted octanol–water partition coefficient (Wildman–Crippen LogP) is 2.35. The van der Waals surface area contributed by atoms with Gasteiger partial charge in [0.2, 0.25) is 0 Å². The molecular weight excluding hydrogens is 233 g/mol. The Hall–Kier alpha value is -2.17. The molecule has 94 valence electrons. The lowest BCUT2D eigenvalue weighted by Gasteiger charge is -2.14. The molecule has 2 N–H and O–H groups in total. The van der Waals surface area contributed by atoms with Crippen molar-refractivity contribution >= 4 is 5.91 Å². The summed E-state index contributed by atoms with van der Waals surface area (Å²) in [5.41, 5.74) is 1.93. The van der Waals surface area contributed by atoms with Crippen LogP contribution < -0.4 is 5.32 Å². The molecule has 0 aliphatic heterocycles. The zero-order valence-electron chi connectivity index (χ0n) is 10.2. The van der Waals surface area contributed by atoms with Crippen LogP contribution in [0, 0.1) is 12.7 Å². The number of amides is 1. The Bertz CT molecular complexity index is 565.